The van der Waals surface area contributed by atoms with E-state index in [1.807, 2.05) is 0 Å². The van der Waals surface area contributed by atoms with E-state index in [0.717, 1.165) is 12.1 Å². The van der Waals surface area contributed by atoms with Gasteiger partial charge in [0.25, 0.3) is 0 Å². The van der Waals surface area contributed by atoms with Crippen LogP contribution in [-0.4, -0.2) is 23.4 Å². The van der Waals surface area contributed by atoms with Crippen LogP contribution in [0, 0.1) is 5.82 Å². The number of hydrogen-bond acceptors (Lipinski definition) is 3. The van der Waals surface area contributed by atoms with Gasteiger partial charge in [-0.2, -0.15) is 13.2 Å². The number of carbonyl (C=O) groups excluding carboxylic acids is 1. The Bertz CT molecular complexity index is 442. The predicted octanol–water partition coefficient (Wildman–Crippen LogP) is 3.03. The minimum Gasteiger partial charge on any atom is -0.508 e. The van der Waals surface area contributed by atoms with E-state index in [1.165, 1.54) is 6.92 Å². The van der Waals surface area contributed by atoms with Gasteiger partial charge in [0.1, 0.15) is 11.6 Å². The lowest BCUT2D eigenvalue weighted by molar-refractivity contribution is -0.204. The molecule has 0 fully saturated rings. The number of alkyl halides is 3. The predicted molar refractivity (Wildman–Crippen MR) is 53.6 cm³/mol. The van der Waals surface area contributed by atoms with Crippen molar-refractivity contribution in [1.29, 1.82) is 0 Å². The largest absolute Gasteiger partial charge is 0.508 e. The Hall–Kier alpha value is -1.79. The first kappa shape index (κ1) is 14.3. The van der Waals surface area contributed by atoms with E-state index in [2.05, 4.69) is 4.74 Å². The third-order valence-corrected chi connectivity index (χ3v) is 2.16. The van der Waals surface area contributed by atoms with E-state index in [0.29, 0.717) is 6.07 Å². The number of aromatic hydroxyl groups is 1. The van der Waals surface area contributed by atoms with Gasteiger partial charge in [-0.25, -0.2) is 9.18 Å². The fourth-order valence-electron chi connectivity index (χ4n) is 1.24. The molecule has 0 aromatic heterocycles. The number of phenolic OH excluding ortho intramolecular Hbond substituents is 1. The second-order valence-corrected chi connectivity index (χ2v) is 3.51. The van der Waals surface area contributed by atoms with Crippen molar-refractivity contribution in [2.24, 2.45) is 0 Å². The molecule has 1 rings (SSSR count). The van der Waals surface area contributed by atoms with Crippen molar-refractivity contribution in [2.75, 3.05) is 0 Å². The molecule has 0 heterocycles. The molecule has 1 N–H and O–H groups in total. The van der Waals surface area contributed by atoms with Crippen LogP contribution in [0.2, 0.25) is 0 Å². The molecule has 0 bridgehead atoms. The third kappa shape index (κ3) is 3.35. The van der Waals surface area contributed by atoms with Crippen LogP contribution >= 0.6 is 0 Å². The van der Waals surface area contributed by atoms with Crippen molar-refractivity contribution in [1.82, 2.24) is 0 Å². The summed E-state index contributed by atoms with van der Waals surface area (Å²) >= 11 is 0. The number of benzene rings is 1. The highest BCUT2D eigenvalue weighted by Crippen LogP contribution is 2.26. The van der Waals surface area contributed by atoms with E-state index in [4.69, 9.17) is 5.11 Å². The van der Waals surface area contributed by atoms with Gasteiger partial charge in [-0.05, 0) is 18.6 Å². The Labute approximate surface area is 100.0 Å². The van der Waals surface area contributed by atoms with Crippen LogP contribution in [0.3, 0.4) is 0 Å². The fraction of sp³-hybridized carbons (Fsp3) is 0.364. The van der Waals surface area contributed by atoms with Crippen LogP contribution in [0.1, 0.15) is 23.7 Å². The van der Waals surface area contributed by atoms with Crippen LogP contribution in [0.15, 0.2) is 18.2 Å². The molecule has 0 aliphatic rings. The number of esters is 1. The van der Waals surface area contributed by atoms with Crippen molar-refractivity contribution in [3.63, 3.8) is 0 Å². The summed E-state index contributed by atoms with van der Waals surface area (Å²) in [5.74, 6) is -3.00. The molecule has 1 atom stereocenters. The highest BCUT2D eigenvalue weighted by molar-refractivity contribution is 5.90. The van der Waals surface area contributed by atoms with Gasteiger partial charge in [0.2, 0.25) is 0 Å². The number of halogens is 4. The summed E-state index contributed by atoms with van der Waals surface area (Å²) in [5.41, 5.74) is -0.657. The molecule has 0 spiro atoms. The lowest BCUT2D eigenvalue weighted by atomic mass is 10.2. The Morgan fingerprint density at radius 2 is 2.06 bits per heavy atom. The van der Waals surface area contributed by atoms with Gasteiger partial charge < -0.3 is 9.84 Å². The second-order valence-electron chi connectivity index (χ2n) is 3.51. The third-order valence-electron chi connectivity index (χ3n) is 2.16. The smallest absolute Gasteiger partial charge is 0.425 e. The number of carbonyl (C=O) groups is 1. The molecule has 1 aromatic carbocycles. The molecule has 0 aliphatic carbocycles. The van der Waals surface area contributed by atoms with E-state index >= 15 is 0 Å². The molecule has 3 nitrogen and oxygen atoms in total. The standard InChI is InChI=1S/C11H10F4O3/c1-2-9(11(13,14)15)18-10(17)7-4-3-6(16)5-8(7)12/h3-5,9,16H,2H2,1H3/t9-/m1/s1. The zero-order chi connectivity index (χ0) is 13.9. The molecule has 1 aromatic rings. The molecule has 0 amide bonds. The second kappa shape index (κ2) is 5.24. The topological polar surface area (TPSA) is 46.5 Å². The first-order chi connectivity index (χ1) is 8.25. The SMILES string of the molecule is CC[C@@H](OC(=O)c1ccc(O)cc1F)C(F)(F)F. The number of rotatable bonds is 3. The molecule has 18 heavy (non-hydrogen) atoms. The zero-order valence-corrected chi connectivity index (χ0v) is 9.29. The van der Waals surface area contributed by atoms with Gasteiger partial charge >= 0.3 is 12.1 Å². The summed E-state index contributed by atoms with van der Waals surface area (Å²) in [6.45, 7) is 1.19. The van der Waals surface area contributed by atoms with Crippen LogP contribution in [0.25, 0.3) is 0 Å². The van der Waals surface area contributed by atoms with Crippen LogP contribution in [0.5, 0.6) is 5.75 Å². The van der Waals surface area contributed by atoms with Crippen molar-refractivity contribution in [3.05, 3.63) is 29.6 Å². The molecule has 0 saturated carbocycles. The van der Waals surface area contributed by atoms with Gasteiger partial charge in [0.05, 0.1) is 5.56 Å². The van der Waals surface area contributed by atoms with Crippen LogP contribution in [-0.2, 0) is 4.74 Å². The Morgan fingerprint density at radius 3 is 2.50 bits per heavy atom. The molecular weight excluding hydrogens is 256 g/mol. The lowest BCUT2D eigenvalue weighted by Gasteiger charge is -2.19. The van der Waals surface area contributed by atoms with Gasteiger partial charge in [-0.3, -0.25) is 0 Å². The van der Waals surface area contributed by atoms with E-state index < -0.39 is 41.8 Å². The van der Waals surface area contributed by atoms with Crippen LogP contribution < -0.4 is 0 Å². The van der Waals surface area contributed by atoms with Gasteiger partial charge in [0, 0.05) is 6.07 Å². The maximum atomic E-state index is 13.2. The molecule has 0 radical (unpaired) electrons. The summed E-state index contributed by atoms with van der Waals surface area (Å²) in [7, 11) is 0. The molecule has 0 saturated heterocycles. The number of hydrogen-bond donors (Lipinski definition) is 1. The van der Waals surface area contributed by atoms with Crippen LogP contribution in [0.4, 0.5) is 17.6 Å². The first-order valence-corrected chi connectivity index (χ1v) is 5.02. The number of ether oxygens (including phenoxy) is 1. The Morgan fingerprint density at radius 1 is 1.44 bits per heavy atom. The highest BCUT2D eigenvalue weighted by Gasteiger charge is 2.41. The summed E-state index contributed by atoms with van der Waals surface area (Å²) in [5, 5.41) is 8.90. The van der Waals surface area contributed by atoms with Crippen molar-refractivity contribution >= 4 is 5.97 Å². The van der Waals surface area contributed by atoms with Gasteiger partial charge in [-0.15, -0.1) is 0 Å². The maximum Gasteiger partial charge on any atom is 0.425 e. The summed E-state index contributed by atoms with van der Waals surface area (Å²) in [6.07, 6.45) is -7.44. The summed E-state index contributed by atoms with van der Waals surface area (Å²) < 4.78 is 54.4. The van der Waals surface area contributed by atoms with Crippen molar-refractivity contribution in [2.45, 2.75) is 25.6 Å². The quantitative estimate of drug-likeness (QED) is 0.675. The molecule has 0 aliphatic heterocycles. The molecule has 0 unspecified atom stereocenters. The summed E-state index contributed by atoms with van der Waals surface area (Å²) in [6, 6.07) is 2.45. The lowest BCUT2D eigenvalue weighted by Crippen LogP contribution is -2.33. The fourth-order valence-corrected chi connectivity index (χ4v) is 1.24. The Balaban J connectivity index is 2.88. The van der Waals surface area contributed by atoms with E-state index in [1.54, 1.807) is 0 Å². The van der Waals surface area contributed by atoms with Crippen molar-refractivity contribution < 1.29 is 32.2 Å². The maximum absolute atomic E-state index is 13.2. The first-order valence-electron chi connectivity index (χ1n) is 5.02. The van der Waals surface area contributed by atoms with Gasteiger partial charge in [0.15, 0.2) is 6.10 Å². The molecular formula is C11H10F4O3. The normalized spacial score (nSPS) is 13.2. The minimum atomic E-state index is -4.70. The monoisotopic (exact) mass is 266 g/mol. The zero-order valence-electron chi connectivity index (χ0n) is 9.29. The minimum absolute atomic E-state index is 0.438. The Kier molecular flexibility index (Phi) is 4.15. The average molecular weight is 266 g/mol. The molecule has 7 heteroatoms. The highest BCUT2D eigenvalue weighted by atomic mass is 19.4. The summed E-state index contributed by atoms with van der Waals surface area (Å²) in [4.78, 5) is 11.3. The van der Waals surface area contributed by atoms with E-state index in [9.17, 15) is 22.4 Å². The molecule has 100 valence electrons. The average Bonchev–Trinajstić information content (AvgIpc) is 2.23. The van der Waals surface area contributed by atoms with E-state index in [-0.39, 0.29) is 0 Å². The number of phenols is 1. The van der Waals surface area contributed by atoms with Gasteiger partial charge in [-0.1, -0.05) is 6.92 Å². The van der Waals surface area contributed by atoms with Crippen molar-refractivity contribution in [3.8, 4) is 5.75 Å².